The maximum atomic E-state index is 11.6. The summed E-state index contributed by atoms with van der Waals surface area (Å²) in [7, 11) is 7.19. The van der Waals surface area contributed by atoms with Gasteiger partial charge in [-0.2, -0.15) is 0 Å². The fourth-order valence-electron chi connectivity index (χ4n) is 9.35. The molecule has 0 amide bonds. The normalized spacial score (nSPS) is 19.7. The van der Waals surface area contributed by atoms with Crippen LogP contribution >= 0.6 is 0 Å². The van der Waals surface area contributed by atoms with E-state index >= 15 is 0 Å². The van der Waals surface area contributed by atoms with E-state index in [9.17, 15) is 28.8 Å². The van der Waals surface area contributed by atoms with Crippen molar-refractivity contribution in [3.8, 4) is 11.5 Å². The number of benzene rings is 2. The van der Waals surface area contributed by atoms with Crippen LogP contribution in [0.4, 0.5) is 0 Å². The summed E-state index contributed by atoms with van der Waals surface area (Å²) in [4.78, 5) is 81.9. The molecule has 2 aliphatic carbocycles. The number of nitrogens with one attached hydrogen (secondary N) is 1. The molecule has 2 aromatic carbocycles. The Morgan fingerprint density at radius 1 is 0.597 bits per heavy atom. The number of pyridine rings is 2. The van der Waals surface area contributed by atoms with Gasteiger partial charge in [-0.3, -0.25) is 29.1 Å². The molecule has 1 N–H and O–H groups in total. The Hall–Kier alpha value is -5.14. The summed E-state index contributed by atoms with van der Waals surface area (Å²) < 4.78 is 25.5. The van der Waals surface area contributed by atoms with Gasteiger partial charge in [0, 0.05) is 70.7 Å². The van der Waals surface area contributed by atoms with E-state index < -0.39 is 17.9 Å². The molecule has 415 valence electrons. The summed E-state index contributed by atoms with van der Waals surface area (Å²) in [5.74, 6) is 1.59. The van der Waals surface area contributed by atoms with Gasteiger partial charge in [-0.25, -0.2) is 24.3 Å². The van der Waals surface area contributed by atoms with Crippen molar-refractivity contribution in [1.82, 2.24) is 20.2 Å². The zero-order valence-corrected chi connectivity index (χ0v) is 50.0. The third-order valence-corrected chi connectivity index (χ3v) is 14.3. The van der Waals surface area contributed by atoms with Gasteiger partial charge < -0.3 is 37.0 Å². The van der Waals surface area contributed by atoms with Crippen LogP contribution in [-0.4, -0.2) is 111 Å². The van der Waals surface area contributed by atoms with Gasteiger partial charge in [0.25, 0.3) is 0 Å². The minimum atomic E-state index is -0.639. The number of rotatable bonds is 9. The maximum Gasteiger partial charge on any atom is 1.00 e. The summed E-state index contributed by atoms with van der Waals surface area (Å²) in [6, 6.07) is 20.3. The topological polar surface area (TPSA) is 208 Å². The van der Waals surface area contributed by atoms with E-state index in [-0.39, 0.29) is 65.2 Å². The van der Waals surface area contributed by atoms with Gasteiger partial charge >= 0.3 is 53.4 Å². The molecule has 2 saturated carbocycles. The Morgan fingerprint density at radius 3 is 1.36 bits per heavy atom. The Kier molecular flexibility index (Phi) is 27.0. The zero-order valence-electron chi connectivity index (χ0n) is 48.0. The monoisotopic (exact) mass is 1080 g/mol. The van der Waals surface area contributed by atoms with Crippen LogP contribution in [0.2, 0.25) is 0 Å². The van der Waals surface area contributed by atoms with Crippen LogP contribution < -0.4 is 44.3 Å². The predicted molar refractivity (Wildman–Crippen MR) is 290 cm³/mol. The quantitative estimate of drug-likeness (QED) is 0.0598. The summed E-state index contributed by atoms with van der Waals surface area (Å²) in [5, 5.41) is 5.09. The number of carbonyl (C=O) groups is 6. The molecule has 4 aliphatic rings. The van der Waals surface area contributed by atoms with Crippen molar-refractivity contribution in [3.05, 3.63) is 72.1 Å². The number of Topliss-reactive ketones (excluding diaryl/α,β-unsaturated/α-hetero) is 1. The number of esters is 2. The molecule has 2 aromatic heterocycles. The average Bonchev–Trinajstić information content (AvgIpc) is 3.34. The number of likely N-dealkylation sites (tertiary alicyclic amines) is 1. The summed E-state index contributed by atoms with van der Waals surface area (Å²) in [6.45, 7) is 24.3. The molecular weight excluding hydrogens is 994 g/mol. The number of hydrogen-bond acceptors (Lipinski definition) is 17. The maximum absolute atomic E-state index is 11.6. The second kappa shape index (κ2) is 31.5. The van der Waals surface area contributed by atoms with Crippen LogP contribution in [-0.2, 0) is 47.9 Å². The Labute approximate surface area is 478 Å². The molecule has 2 saturated heterocycles. The zero-order chi connectivity index (χ0) is 56.3. The minimum absolute atomic E-state index is 0. The van der Waals surface area contributed by atoms with E-state index in [4.69, 9.17) is 19.2 Å². The first kappa shape index (κ1) is 66.1. The first-order chi connectivity index (χ1) is 35.8. The smallest absolute Gasteiger partial charge is 0.793 e. The van der Waals surface area contributed by atoms with Gasteiger partial charge in [0.15, 0.2) is 5.78 Å². The average molecular weight is 1080 g/mol. The number of ketones is 1. The SMILES string of the molecule is CC(=O)OOC(C)=O.CC(=O)c1ccc2cc(OC3CCC(C(C)(C)C)CC3)ccc2n1.COC(=O)C1CN(C(C)c2ccc3cc(OC4CCC(C(C)(C)C)CC4)ccc3n2)C1.COC(=O)C1CNC1.[B-]OC(C)=O.[Na+]. The number of ether oxygens (including phenoxy) is 4. The van der Waals surface area contributed by atoms with Crippen molar-refractivity contribution in [2.45, 2.75) is 146 Å². The standard InChI is InChI=1S/C26H36N2O3.C21H27NO2.C5H9NO2.C4H6O4.C2H3BO2.Na/c1-17(28-15-19(16-28)25(29)30-5)23-12-6-18-14-22(11-13-24(18)27-23)31-21-9-7-20(8-10-21)26(2,3)4;1-14(23)19-11-5-15-13-18(10-12-20(15)22-19)24-17-8-6-16(7-9-17)21(2,3)4;1-8-5(7)4-2-6-3-4;1-3(5)7-8-4(2)6;1-2(4)5-3;/h6,11-14,17,19-21H,7-10,15-16H2,1-5H3;5,10-13,16-17H,6-9H2,1-4H3;4,6H,2-3H2,1H3;1-2H3;1H3;/q;;;;-1;+1. The molecule has 3 radical (unpaired) electrons. The van der Waals surface area contributed by atoms with Crippen LogP contribution in [0.25, 0.3) is 21.8 Å². The molecule has 1 unspecified atom stereocenters. The summed E-state index contributed by atoms with van der Waals surface area (Å²) in [5.41, 5.74) is 4.16. The van der Waals surface area contributed by atoms with Gasteiger partial charge in [0.1, 0.15) is 17.2 Å². The van der Waals surface area contributed by atoms with Crippen LogP contribution in [0.3, 0.4) is 0 Å². The molecule has 19 heteroatoms. The fraction of sp³-hybridized carbons (Fsp3) is 0.586. The van der Waals surface area contributed by atoms with Crippen molar-refractivity contribution in [3.63, 3.8) is 0 Å². The first-order valence-electron chi connectivity index (χ1n) is 26.3. The van der Waals surface area contributed by atoms with E-state index in [2.05, 4.69) is 121 Å². The third kappa shape index (κ3) is 21.9. The molecule has 4 aromatic rings. The molecular formula is C58H81BN4NaO13. The summed E-state index contributed by atoms with van der Waals surface area (Å²) in [6.07, 6.45) is 10.1. The van der Waals surface area contributed by atoms with Gasteiger partial charge in [0.2, 0.25) is 5.97 Å². The molecule has 4 heterocycles. The molecule has 2 aliphatic heterocycles. The molecule has 1 atom stereocenters. The van der Waals surface area contributed by atoms with Crippen molar-refractivity contribution >= 4 is 65.5 Å². The predicted octanol–water partition coefficient (Wildman–Crippen LogP) is 6.85. The number of nitrogens with zero attached hydrogens (tertiary/aromatic N) is 3. The van der Waals surface area contributed by atoms with E-state index in [0.717, 1.165) is 117 Å². The number of methoxy groups -OCH3 is 2. The Bertz CT molecular complexity index is 2550. The van der Waals surface area contributed by atoms with Crippen molar-refractivity contribution in [1.29, 1.82) is 0 Å². The van der Waals surface area contributed by atoms with Crippen molar-refractivity contribution in [2.75, 3.05) is 40.4 Å². The summed E-state index contributed by atoms with van der Waals surface area (Å²) >= 11 is 0. The first-order valence-corrected chi connectivity index (χ1v) is 26.3. The van der Waals surface area contributed by atoms with Gasteiger partial charge in [-0.1, -0.05) is 53.7 Å². The molecule has 4 fully saturated rings. The van der Waals surface area contributed by atoms with E-state index in [1.54, 1.807) is 13.0 Å². The van der Waals surface area contributed by atoms with Crippen LogP contribution in [0.15, 0.2) is 60.7 Å². The molecule has 0 spiro atoms. The van der Waals surface area contributed by atoms with Gasteiger partial charge in [0.05, 0.1) is 55.0 Å². The molecule has 17 nitrogen and oxygen atoms in total. The van der Waals surface area contributed by atoms with Gasteiger partial charge in [-0.05, 0) is 129 Å². The van der Waals surface area contributed by atoms with Crippen molar-refractivity contribution < 1.29 is 91.7 Å². The van der Waals surface area contributed by atoms with E-state index in [0.29, 0.717) is 28.7 Å². The Balaban J connectivity index is 0.000000297. The number of fused-ring (bicyclic) bond motifs is 2. The Morgan fingerprint density at radius 2 is 1.01 bits per heavy atom. The van der Waals surface area contributed by atoms with Crippen molar-refractivity contribution in [2.24, 2.45) is 34.5 Å². The third-order valence-electron chi connectivity index (χ3n) is 14.3. The van der Waals surface area contributed by atoms with Gasteiger partial charge in [-0.15, -0.1) is 0 Å². The number of hydrogen-bond donors (Lipinski definition) is 1. The second-order valence-corrected chi connectivity index (χ2v) is 22.1. The van der Waals surface area contributed by atoms with Crippen LogP contribution in [0.1, 0.15) is 150 Å². The largest absolute Gasteiger partial charge is 1.00 e. The molecule has 0 bridgehead atoms. The minimum Gasteiger partial charge on any atom is -0.793 e. The number of carbonyl (C=O) groups excluding carboxylic acids is 6. The number of aromatic nitrogens is 2. The molecule has 8 rings (SSSR count). The van der Waals surface area contributed by atoms with E-state index in [1.165, 1.54) is 46.8 Å². The van der Waals surface area contributed by atoms with E-state index in [1.807, 2.05) is 24.3 Å². The fourth-order valence-corrected chi connectivity index (χ4v) is 9.35. The molecule has 77 heavy (non-hydrogen) atoms. The van der Waals surface area contributed by atoms with Crippen LogP contribution in [0, 0.1) is 34.5 Å². The second-order valence-electron chi connectivity index (χ2n) is 22.1. The van der Waals surface area contributed by atoms with Crippen LogP contribution in [0.5, 0.6) is 11.5 Å².